The number of carbonyl (C=O) groups excluding carboxylic acids is 2. The topological polar surface area (TPSA) is 71.1 Å². The van der Waals surface area contributed by atoms with Crippen LogP contribution in [0.5, 0.6) is 0 Å². The van der Waals surface area contributed by atoms with E-state index in [1.807, 2.05) is 13.8 Å². The Hall–Kier alpha value is -2.11. The van der Waals surface area contributed by atoms with Crippen LogP contribution in [0, 0.1) is 5.92 Å². The molecule has 5 nitrogen and oxygen atoms in total. The predicted octanol–water partition coefficient (Wildman–Crippen LogP) is 4.24. The molecule has 1 heterocycles. The molecule has 23 heavy (non-hydrogen) atoms. The van der Waals surface area contributed by atoms with Gasteiger partial charge >= 0.3 is 0 Å². The van der Waals surface area contributed by atoms with Gasteiger partial charge in [0.2, 0.25) is 5.91 Å². The number of nitrogens with zero attached hydrogens (tertiary/aromatic N) is 1. The molecule has 0 radical (unpaired) electrons. The zero-order valence-corrected chi connectivity index (χ0v) is 14.1. The summed E-state index contributed by atoms with van der Waals surface area (Å²) in [7, 11) is 0. The summed E-state index contributed by atoms with van der Waals surface area (Å²) >= 11 is 11.6. The van der Waals surface area contributed by atoms with Gasteiger partial charge in [-0.2, -0.15) is 0 Å². The molecule has 2 amide bonds. The summed E-state index contributed by atoms with van der Waals surface area (Å²) in [5, 5.41) is 5.85. The van der Waals surface area contributed by atoms with Gasteiger partial charge in [0.15, 0.2) is 0 Å². The molecule has 0 aliphatic rings. The van der Waals surface area contributed by atoms with Crippen LogP contribution in [0.15, 0.2) is 36.5 Å². The Morgan fingerprint density at radius 1 is 1.04 bits per heavy atom. The number of aromatic nitrogens is 1. The van der Waals surface area contributed by atoms with Crippen LogP contribution >= 0.6 is 23.2 Å². The summed E-state index contributed by atoms with van der Waals surface area (Å²) in [6, 6.07) is 8.26. The highest BCUT2D eigenvalue weighted by atomic mass is 35.5. The van der Waals surface area contributed by atoms with Crippen LogP contribution in [-0.4, -0.2) is 16.8 Å². The Kier molecular flexibility index (Phi) is 5.58. The molecule has 2 aromatic rings. The number of rotatable bonds is 4. The minimum absolute atomic E-state index is 0.0660. The van der Waals surface area contributed by atoms with Crippen molar-refractivity contribution >= 4 is 46.4 Å². The lowest BCUT2D eigenvalue weighted by Crippen LogP contribution is -2.17. The van der Waals surface area contributed by atoms with Gasteiger partial charge in [0.25, 0.3) is 5.91 Å². The number of benzene rings is 1. The van der Waals surface area contributed by atoms with E-state index >= 15 is 0 Å². The monoisotopic (exact) mass is 351 g/mol. The molecule has 0 atom stereocenters. The first-order valence-electron chi connectivity index (χ1n) is 6.90. The number of hydrogen-bond donors (Lipinski definition) is 2. The van der Waals surface area contributed by atoms with Crippen molar-refractivity contribution in [3.63, 3.8) is 0 Å². The second-order valence-corrected chi connectivity index (χ2v) is 5.94. The van der Waals surface area contributed by atoms with Crippen molar-refractivity contribution in [3.8, 4) is 0 Å². The first-order chi connectivity index (χ1) is 10.9. The van der Waals surface area contributed by atoms with Crippen LogP contribution in [0.2, 0.25) is 10.2 Å². The summed E-state index contributed by atoms with van der Waals surface area (Å²) in [5.41, 5.74) is 1.55. The number of carbonyl (C=O) groups is 2. The van der Waals surface area contributed by atoms with Gasteiger partial charge in [0.05, 0.1) is 10.6 Å². The second kappa shape index (κ2) is 7.44. The van der Waals surface area contributed by atoms with E-state index in [9.17, 15) is 9.59 Å². The Labute approximate surface area is 144 Å². The fourth-order valence-electron chi connectivity index (χ4n) is 1.67. The van der Waals surface area contributed by atoms with Crippen molar-refractivity contribution in [2.45, 2.75) is 13.8 Å². The van der Waals surface area contributed by atoms with Gasteiger partial charge in [0.1, 0.15) is 5.15 Å². The molecule has 120 valence electrons. The summed E-state index contributed by atoms with van der Waals surface area (Å²) in [5.74, 6) is -0.518. The van der Waals surface area contributed by atoms with Crippen LogP contribution in [0.3, 0.4) is 0 Å². The van der Waals surface area contributed by atoms with E-state index in [4.69, 9.17) is 23.2 Å². The minimum atomic E-state index is -0.352. The lowest BCUT2D eigenvalue weighted by Gasteiger charge is -2.09. The lowest BCUT2D eigenvalue weighted by molar-refractivity contribution is -0.118. The third-order valence-corrected chi connectivity index (χ3v) is 3.68. The highest BCUT2D eigenvalue weighted by Gasteiger charge is 2.10. The molecule has 2 N–H and O–H groups in total. The number of amides is 2. The maximum Gasteiger partial charge on any atom is 0.257 e. The molecule has 0 saturated heterocycles. The molecular formula is C16H15Cl2N3O2. The molecule has 0 aliphatic heterocycles. The zero-order valence-electron chi connectivity index (χ0n) is 12.6. The van der Waals surface area contributed by atoms with Crippen molar-refractivity contribution in [2.75, 3.05) is 10.6 Å². The second-order valence-electron chi connectivity index (χ2n) is 5.17. The molecular weight excluding hydrogens is 337 g/mol. The molecule has 7 heteroatoms. The van der Waals surface area contributed by atoms with Gasteiger partial charge in [-0.25, -0.2) is 4.98 Å². The fourth-order valence-corrected chi connectivity index (χ4v) is 1.94. The molecule has 0 saturated carbocycles. The van der Waals surface area contributed by atoms with Crippen LogP contribution in [0.25, 0.3) is 0 Å². The van der Waals surface area contributed by atoms with E-state index in [1.165, 1.54) is 12.3 Å². The Morgan fingerprint density at radius 2 is 1.61 bits per heavy atom. The molecule has 0 fully saturated rings. The van der Waals surface area contributed by atoms with E-state index < -0.39 is 0 Å². The lowest BCUT2D eigenvalue weighted by atomic mass is 10.2. The molecule has 1 aromatic carbocycles. The maximum atomic E-state index is 12.1. The van der Waals surface area contributed by atoms with Crippen molar-refractivity contribution < 1.29 is 9.59 Å². The number of halogens is 2. The summed E-state index contributed by atoms with van der Waals surface area (Å²) in [6.45, 7) is 3.63. The minimum Gasteiger partial charge on any atom is -0.326 e. The standard InChI is InChI=1S/C16H15Cl2N3O2/c1-9(2)15(22)20-11-3-5-12(6-4-11)21-16(23)10-7-13(17)14(18)19-8-10/h3-9H,1-2H3,(H,20,22)(H,21,23). The summed E-state index contributed by atoms with van der Waals surface area (Å²) in [4.78, 5) is 27.5. The fraction of sp³-hybridized carbons (Fsp3) is 0.188. The van der Waals surface area contributed by atoms with Gasteiger partial charge in [-0.3, -0.25) is 9.59 Å². The van der Waals surface area contributed by atoms with E-state index in [2.05, 4.69) is 15.6 Å². The summed E-state index contributed by atoms with van der Waals surface area (Å²) in [6.07, 6.45) is 1.35. The Bertz CT molecular complexity index is 731. The zero-order chi connectivity index (χ0) is 17.0. The highest BCUT2D eigenvalue weighted by molar-refractivity contribution is 6.41. The van der Waals surface area contributed by atoms with Crippen LogP contribution < -0.4 is 10.6 Å². The average molecular weight is 352 g/mol. The van der Waals surface area contributed by atoms with Gasteiger partial charge < -0.3 is 10.6 Å². The maximum absolute atomic E-state index is 12.1. The Morgan fingerprint density at radius 3 is 2.13 bits per heavy atom. The molecule has 2 rings (SSSR count). The highest BCUT2D eigenvalue weighted by Crippen LogP contribution is 2.21. The third kappa shape index (κ3) is 4.68. The molecule has 1 aromatic heterocycles. The normalized spacial score (nSPS) is 10.5. The molecule has 0 aliphatic carbocycles. The Balaban J connectivity index is 2.04. The largest absolute Gasteiger partial charge is 0.326 e. The first-order valence-corrected chi connectivity index (χ1v) is 7.65. The van der Waals surface area contributed by atoms with E-state index in [0.29, 0.717) is 16.9 Å². The van der Waals surface area contributed by atoms with E-state index in [-0.39, 0.29) is 27.9 Å². The number of anilines is 2. The van der Waals surface area contributed by atoms with Crippen LogP contribution in [0.1, 0.15) is 24.2 Å². The van der Waals surface area contributed by atoms with Crippen molar-refractivity contribution in [2.24, 2.45) is 5.92 Å². The number of pyridine rings is 1. The SMILES string of the molecule is CC(C)C(=O)Nc1ccc(NC(=O)c2cnc(Cl)c(Cl)c2)cc1. The number of nitrogens with one attached hydrogen (secondary N) is 2. The third-order valence-electron chi connectivity index (χ3n) is 2.99. The summed E-state index contributed by atoms with van der Waals surface area (Å²) < 4.78 is 0. The van der Waals surface area contributed by atoms with Crippen LogP contribution in [0.4, 0.5) is 11.4 Å². The van der Waals surface area contributed by atoms with Gasteiger partial charge in [0, 0.05) is 23.5 Å². The van der Waals surface area contributed by atoms with Gasteiger partial charge in [-0.1, -0.05) is 37.0 Å². The molecule has 0 unspecified atom stereocenters. The van der Waals surface area contributed by atoms with Gasteiger partial charge in [-0.15, -0.1) is 0 Å². The van der Waals surface area contributed by atoms with E-state index in [0.717, 1.165) is 0 Å². The van der Waals surface area contributed by atoms with Crippen molar-refractivity contribution in [3.05, 3.63) is 52.3 Å². The smallest absolute Gasteiger partial charge is 0.257 e. The van der Waals surface area contributed by atoms with Crippen molar-refractivity contribution in [1.82, 2.24) is 4.98 Å². The van der Waals surface area contributed by atoms with Crippen molar-refractivity contribution in [1.29, 1.82) is 0 Å². The van der Waals surface area contributed by atoms with E-state index in [1.54, 1.807) is 24.3 Å². The predicted molar refractivity (Wildman–Crippen MR) is 92.1 cm³/mol. The van der Waals surface area contributed by atoms with Gasteiger partial charge in [-0.05, 0) is 30.3 Å². The molecule has 0 bridgehead atoms. The average Bonchev–Trinajstić information content (AvgIpc) is 2.51. The number of hydrogen-bond acceptors (Lipinski definition) is 3. The first kappa shape index (κ1) is 17.2. The molecule has 0 spiro atoms. The van der Waals surface area contributed by atoms with Crippen LogP contribution in [-0.2, 0) is 4.79 Å². The quantitative estimate of drug-likeness (QED) is 0.809.